The van der Waals surface area contributed by atoms with E-state index < -0.39 is 0 Å². The molecule has 8 heteroatoms. The van der Waals surface area contributed by atoms with Crippen molar-refractivity contribution in [3.05, 3.63) is 29.6 Å². The van der Waals surface area contributed by atoms with Gasteiger partial charge < -0.3 is 15.4 Å². The van der Waals surface area contributed by atoms with E-state index in [1.54, 1.807) is 0 Å². The van der Waals surface area contributed by atoms with Crippen LogP contribution in [0.2, 0.25) is 0 Å². The highest BCUT2D eigenvalue weighted by Crippen LogP contribution is 2.27. The van der Waals surface area contributed by atoms with Crippen LogP contribution in [-0.2, 0) is 14.3 Å². The normalized spacial score (nSPS) is 18.1. The first-order valence-electron chi connectivity index (χ1n) is 10.6. The lowest BCUT2D eigenvalue weighted by atomic mass is 9.88. The quantitative estimate of drug-likeness (QED) is 0.735. The summed E-state index contributed by atoms with van der Waals surface area (Å²) in [6.07, 6.45) is 5.51. The second-order valence-corrected chi connectivity index (χ2v) is 8.73. The van der Waals surface area contributed by atoms with Crippen LogP contribution in [0.3, 0.4) is 0 Å². The summed E-state index contributed by atoms with van der Waals surface area (Å²) >= 11 is 1.41. The van der Waals surface area contributed by atoms with Crippen molar-refractivity contribution in [1.82, 2.24) is 9.88 Å². The summed E-state index contributed by atoms with van der Waals surface area (Å²) in [6.45, 7) is 3.26. The molecule has 2 amide bonds. The van der Waals surface area contributed by atoms with Crippen molar-refractivity contribution in [3.63, 3.8) is 0 Å². The topological polar surface area (TPSA) is 83.6 Å². The number of nitrogens with one attached hydrogen (secondary N) is 2. The monoisotopic (exact) mass is 428 g/mol. The van der Waals surface area contributed by atoms with Gasteiger partial charge in [-0.1, -0.05) is 31.4 Å². The number of anilines is 2. The first-order chi connectivity index (χ1) is 14.7. The van der Waals surface area contributed by atoms with Crippen LogP contribution in [0.25, 0.3) is 11.3 Å². The van der Waals surface area contributed by atoms with E-state index >= 15 is 0 Å². The summed E-state index contributed by atoms with van der Waals surface area (Å²) in [5.74, 6) is 0.209. The van der Waals surface area contributed by atoms with Gasteiger partial charge in [-0.3, -0.25) is 14.5 Å². The smallest absolute Gasteiger partial charge is 0.240 e. The van der Waals surface area contributed by atoms with Crippen molar-refractivity contribution >= 4 is 34.0 Å². The van der Waals surface area contributed by atoms with Crippen LogP contribution in [0.5, 0.6) is 0 Å². The molecule has 1 saturated carbocycles. The Hall–Kier alpha value is -2.29. The number of benzene rings is 1. The molecule has 7 nitrogen and oxygen atoms in total. The molecular weight excluding hydrogens is 400 g/mol. The molecule has 4 rings (SSSR count). The summed E-state index contributed by atoms with van der Waals surface area (Å²) in [4.78, 5) is 31.2. The van der Waals surface area contributed by atoms with Crippen LogP contribution in [0, 0.1) is 5.92 Å². The Kier molecular flexibility index (Phi) is 7.09. The minimum absolute atomic E-state index is 0.0569. The zero-order chi connectivity index (χ0) is 20.8. The third-order valence-electron chi connectivity index (χ3n) is 5.65. The molecule has 0 unspecified atom stereocenters. The van der Waals surface area contributed by atoms with E-state index in [4.69, 9.17) is 4.74 Å². The number of amides is 2. The molecule has 0 atom stereocenters. The molecule has 0 spiro atoms. The average molecular weight is 429 g/mol. The maximum atomic E-state index is 12.4. The number of thiazole rings is 1. The number of hydrogen-bond acceptors (Lipinski definition) is 6. The number of hydrogen-bond donors (Lipinski definition) is 2. The number of morpholine rings is 1. The number of aromatic nitrogens is 1. The Morgan fingerprint density at radius 2 is 1.80 bits per heavy atom. The highest BCUT2D eigenvalue weighted by molar-refractivity contribution is 7.14. The highest BCUT2D eigenvalue weighted by atomic mass is 32.1. The van der Waals surface area contributed by atoms with Crippen molar-refractivity contribution in [2.75, 3.05) is 43.5 Å². The van der Waals surface area contributed by atoms with E-state index in [2.05, 4.69) is 20.5 Å². The standard InChI is InChI=1S/C22H28N4O3S/c27-20(14-26-10-12-29-13-11-26)25-22-24-19(15-30-22)16-6-8-18(9-7-16)23-21(28)17-4-2-1-3-5-17/h6-9,15,17H,1-5,10-14H2,(H,23,28)(H,24,25,27). The van der Waals surface area contributed by atoms with Crippen molar-refractivity contribution < 1.29 is 14.3 Å². The fraction of sp³-hybridized carbons (Fsp3) is 0.500. The van der Waals surface area contributed by atoms with Crippen molar-refractivity contribution in [2.24, 2.45) is 5.92 Å². The molecule has 2 fully saturated rings. The summed E-state index contributed by atoms with van der Waals surface area (Å²) in [7, 11) is 0. The van der Waals surface area contributed by atoms with E-state index in [-0.39, 0.29) is 17.7 Å². The van der Waals surface area contributed by atoms with Gasteiger partial charge >= 0.3 is 0 Å². The molecule has 1 saturated heterocycles. The van der Waals surface area contributed by atoms with Gasteiger partial charge in [-0.25, -0.2) is 4.98 Å². The third kappa shape index (κ3) is 5.65. The lowest BCUT2D eigenvalue weighted by Gasteiger charge is -2.25. The molecule has 1 aliphatic carbocycles. The van der Waals surface area contributed by atoms with Crippen LogP contribution in [-0.4, -0.2) is 54.5 Å². The molecule has 0 radical (unpaired) electrons. The van der Waals surface area contributed by atoms with E-state index in [1.807, 2.05) is 29.6 Å². The van der Waals surface area contributed by atoms with Crippen molar-refractivity contribution in [3.8, 4) is 11.3 Å². The summed E-state index contributed by atoms with van der Waals surface area (Å²) < 4.78 is 5.31. The van der Waals surface area contributed by atoms with Gasteiger partial charge in [0, 0.05) is 35.6 Å². The molecule has 0 bridgehead atoms. The number of ether oxygens (including phenoxy) is 1. The van der Waals surface area contributed by atoms with E-state index in [0.717, 1.165) is 55.7 Å². The molecule has 2 aromatic rings. The first-order valence-corrected chi connectivity index (χ1v) is 11.5. The lowest BCUT2D eigenvalue weighted by Crippen LogP contribution is -2.41. The van der Waals surface area contributed by atoms with Crippen LogP contribution in [0.4, 0.5) is 10.8 Å². The SMILES string of the molecule is O=C(CN1CCOCC1)Nc1nc(-c2ccc(NC(=O)C3CCCCC3)cc2)cs1. The summed E-state index contributed by atoms with van der Waals surface area (Å²) in [6, 6.07) is 7.72. The second kappa shape index (κ2) is 10.1. The predicted octanol–water partition coefficient (Wildman–Crippen LogP) is 3.60. The van der Waals surface area contributed by atoms with E-state index in [1.165, 1.54) is 17.8 Å². The molecule has 1 aromatic carbocycles. The maximum Gasteiger partial charge on any atom is 0.240 e. The Morgan fingerprint density at radius 1 is 1.07 bits per heavy atom. The first kappa shape index (κ1) is 21.0. The number of carbonyl (C=O) groups is 2. The second-order valence-electron chi connectivity index (χ2n) is 7.88. The van der Waals surface area contributed by atoms with Crippen LogP contribution in [0.1, 0.15) is 32.1 Å². The molecule has 160 valence electrons. The van der Waals surface area contributed by atoms with Gasteiger partial charge in [-0.15, -0.1) is 11.3 Å². The third-order valence-corrected chi connectivity index (χ3v) is 6.40. The van der Waals surface area contributed by atoms with Crippen LogP contribution < -0.4 is 10.6 Å². The minimum Gasteiger partial charge on any atom is -0.379 e. The molecule has 30 heavy (non-hydrogen) atoms. The molecule has 1 aliphatic heterocycles. The fourth-order valence-corrected chi connectivity index (χ4v) is 4.65. The number of rotatable bonds is 6. The van der Waals surface area contributed by atoms with Gasteiger partial charge in [-0.05, 0) is 25.0 Å². The van der Waals surface area contributed by atoms with Gasteiger partial charge in [0.1, 0.15) is 0 Å². The summed E-state index contributed by atoms with van der Waals surface area (Å²) in [5, 5.41) is 8.44. The van der Waals surface area contributed by atoms with Gasteiger partial charge in [0.2, 0.25) is 11.8 Å². The molecular formula is C22H28N4O3S. The Labute approximate surface area is 180 Å². The predicted molar refractivity (Wildman–Crippen MR) is 119 cm³/mol. The van der Waals surface area contributed by atoms with Gasteiger partial charge in [0.15, 0.2) is 5.13 Å². The average Bonchev–Trinajstić information content (AvgIpc) is 3.24. The zero-order valence-corrected chi connectivity index (χ0v) is 17.9. The van der Waals surface area contributed by atoms with Gasteiger partial charge in [0.05, 0.1) is 25.5 Å². The number of carbonyl (C=O) groups excluding carboxylic acids is 2. The maximum absolute atomic E-state index is 12.4. The molecule has 2 aliphatic rings. The van der Waals surface area contributed by atoms with Gasteiger partial charge in [0.25, 0.3) is 0 Å². The van der Waals surface area contributed by atoms with Gasteiger partial charge in [-0.2, -0.15) is 0 Å². The largest absolute Gasteiger partial charge is 0.379 e. The minimum atomic E-state index is -0.0569. The number of nitrogens with zero attached hydrogens (tertiary/aromatic N) is 2. The molecule has 2 heterocycles. The molecule has 1 aromatic heterocycles. The van der Waals surface area contributed by atoms with Crippen molar-refractivity contribution in [2.45, 2.75) is 32.1 Å². The Morgan fingerprint density at radius 3 is 2.53 bits per heavy atom. The zero-order valence-electron chi connectivity index (χ0n) is 17.1. The fourth-order valence-electron chi connectivity index (χ4n) is 3.92. The lowest BCUT2D eigenvalue weighted by molar-refractivity contribution is -0.121. The van der Waals surface area contributed by atoms with Crippen LogP contribution >= 0.6 is 11.3 Å². The molecule has 2 N–H and O–H groups in total. The van der Waals surface area contributed by atoms with Crippen LogP contribution in [0.15, 0.2) is 29.6 Å². The highest BCUT2D eigenvalue weighted by Gasteiger charge is 2.21. The Balaban J connectivity index is 1.30. The van der Waals surface area contributed by atoms with E-state index in [9.17, 15) is 9.59 Å². The summed E-state index contributed by atoms with van der Waals surface area (Å²) in [5.41, 5.74) is 2.58. The van der Waals surface area contributed by atoms with Crippen molar-refractivity contribution in [1.29, 1.82) is 0 Å². The Bertz CT molecular complexity index is 856. The van der Waals surface area contributed by atoms with E-state index in [0.29, 0.717) is 24.9 Å².